The lowest BCUT2D eigenvalue weighted by molar-refractivity contribution is -0.127. The van der Waals surface area contributed by atoms with Gasteiger partial charge in [0.2, 0.25) is 5.91 Å². The Morgan fingerprint density at radius 1 is 1.21 bits per heavy atom. The third-order valence-electron chi connectivity index (χ3n) is 5.51. The second-order valence-corrected chi connectivity index (χ2v) is 7.46. The Morgan fingerprint density at radius 2 is 1.89 bits per heavy atom. The highest BCUT2D eigenvalue weighted by atomic mass is 16.5. The predicted molar refractivity (Wildman–Crippen MR) is 109 cm³/mol. The Kier molecular flexibility index (Phi) is 5.09. The van der Waals surface area contributed by atoms with Gasteiger partial charge in [-0.15, -0.1) is 0 Å². The maximum Gasteiger partial charge on any atom is 0.245 e. The van der Waals surface area contributed by atoms with Crippen LogP contribution in [0.4, 0.5) is 5.82 Å². The number of likely N-dealkylation sites (tertiary alicyclic amines) is 1. The molecule has 0 radical (unpaired) electrons. The van der Waals surface area contributed by atoms with E-state index >= 15 is 0 Å². The van der Waals surface area contributed by atoms with Gasteiger partial charge in [-0.05, 0) is 56.0 Å². The molecule has 1 aliphatic heterocycles. The zero-order valence-corrected chi connectivity index (χ0v) is 16.0. The number of nitrogen functional groups attached to an aromatic ring is 1. The number of hydrogen-bond acceptors (Lipinski definition) is 5. The van der Waals surface area contributed by atoms with Crippen molar-refractivity contribution in [1.29, 1.82) is 0 Å². The summed E-state index contributed by atoms with van der Waals surface area (Å²) in [6.07, 6.45) is 5.63. The van der Waals surface area contributed by atoms with Crippen molar-refractivity contribution in [1.82, 2.24) is 14.7 Å². The van der Waals surface area contributed by atoms with E-state index in [2.05, 4.69) is 6.58 Å². The summed E-state index contributed by atoms with van der Waals surface area (Å²) in [5.41, 5.74) is 15.1. The second-order valence-electron chi connectivity index (χ2n) is 7.46. The molecule has 7 nitrogen and oxygen atoms in total. The van der Waals surface area contributed by atoms with Gasteiger partial charge in [0.25, 0.3) is 0 Å². The van der Waals surface area contributed by atoms with Crippen molar-refractivity contribution in [3.05, 3.63) is 42.5 Å². The molecule has 0 unspecified atom stereocenters. The fraction of sp³-hybridized carbons (Fsp3) is 0.429. The molecule has 4 N–H and O–H groups in total. The first kappa shape index (κ1) is 18.6. The molecular formula is C21H27N5O2. The highest BCUT2D eigenvalue weighted by molar-refractivity contribution is 5.87. The normalized spacial score (nSPS) is 17.5. The van der Waals surface area contributed by atoms with Crippen molar-refractivity contribution in [2.45, 2.75) is 44.4 Å². The summed E-state index contributed by atoms with van der Waals surface area (Å²) in [7, 11) is 0. The third kappa shape index (κ3) is 3.62. The Bertz CT molecular complexity index is 862. The first-order chi connectivity index (χ1) is 13.6. The number of carbonyl (C=O) groups is 1. The average molecular weight is 381 g/mol. The Morgan fingerprint density at radius 3 is 2.46 bits per heavy atom. The molecule has 4 rings (SSSR count). The van der Waals surface area contributed by atoms with Crippen molar-refractivity contribution in [3.63, 3.8) is 0 Å². The minimum Gasteiger partial charge on any atom is -0.490 e. The number of benzene rings is 1. The molecule has 1 saturated carbocycles. The molecule has 2 fully saturated rings. The maximum atomic E-state index is 11.8. The average Bonchev–Trinajstić information content (AvgIpc) is 3.48. The smallest absolute Gasteiger partial charge is 0.245 e. The van der Waals surface area contributed by atoms with Crippen molar-refractivity contribution in [2.75, 3.05) is 18.8 Å². The first-order valence-electron chi connectivity index (χ1n) is 9.86. The molecule has 1 aromatic heterocycles. The van der Waals surface area contributed by atoms with E-state index < -0.39 is 0 Å². The van der Waals surface area contributed by atoms with Gasteiger partial charge in [0.05, 0.1) is 17.8 Å². The lowest BCUT2D eigenvalue weighted by Gasteiger charge is -2.31. The number of piperidine rings is 1. The minimum atomic E-state index is -0.0243. The number of nitrogens with two attached hydrogens (primary N) is 2. The van der Waals surface area contributed by atoms with Crippen LogP contribution >= 0.6 is 0 Å². The van der Waals surface area contributed by atoms with Crippen molar-refractivity contribution in [2.24, 2.45) is 5.73 Å². The Labute approximate surface area is 164 Å². The summed E-state index contributed by atoms with van der Waals surface area (Å²) in [5, 5.41) is 4.81. The molecule has 0 atom stereocenters. The predicted octanol–water partition coefficient (Wildman–Crippen LogP) is 2.48. The third-order valence-corrected chi connectivity index (χ3v) is 5.51. The summed E-state index contributed by atoms with van der Waals surface area (Å²) in [4.78, 5) is 13.6. The summed E-state index contributed by atoms with van der Waals surface area (Å²) in [6.45, 7) is 5.24. The fourth-order valence-corrected chi connectivity index (χ4v) is 3.72. The molecule has 2 aliphatic rings. The van der Waals surface area contributed by atoms with Gasteiger partial charge in [-0.3, -0.25) is 4.79 Å². The largest absolute Gasteiger partial charge is 0.490 e. The first-order valence-corrected chi connectivity index (χ1v) is 9.86. The summed E-state index contributed by atoms with van der Waals surface area (Å²) < 4.78 is 7.71. The van der Waals surface area contributed by atoms with Crippen molar-refractivity contribution < 1.29 is 9.53 Å². The summed E-state index contributed by atoms with van der Waals surface area (Å²) in [5.74, 6) is 1.47. The standard InChI is InChI=1S/C21H27N5O2/c1-2-19(27)25-11-9-15(10-12-25)26-21(23)18(13-22)20(24-26)14-3-5-16(6-4-14)28-17-7-8-17/h2-6,15,17H,1,7-13,22-23H2. The number of rotatable bonds is 6. The number of carbonyl (C=O) groups excluding carboxylic acids is 1. The summed E-state index contributed by atoms with van der Waals surface area (Å²) in [6, 6.07) is 8.12. The number of ether oxygens (including phenoxy) is 1. The van der Waals surface area contributed by atoms with E-state index in [4.69, 9.17) is 21.3 Å². The van der Waals surface area contributed by atoms with E-state index in [1.165, 1.54) is 6.08 Å². The van der Waals surface area contributed by atoms with Crippen LogP contribution in [0.3, 0.4) is 0 Å². The zero-order chi connectivity index (χ0) is 19.7. The zero-order valence-electron chi connectivity index (χ0n) is 16.0. The van der Waals surface area contributed by atoms with Crippen LogP contribution in [0.1, 0.15) is 37.3 Å². The molecule has 28 heavy (non-hydrogen) atoms. The van der Waals surface area contributed by atoms with E-state index in [0.29, 0.717) is 31.6 Å². The van der Waals surface area contributed by atoms with E-state index in [0.717, 1.165) is 48.3 Å². The molecule has 148 valence electrons. The van der Waals surface area contributed by atoms with E-state index in [1.54, 1.807) is 0 Å². The van der Waals surface area contributed by atoms with Crippen LogP contribution in [0.2, 0.25) is 0 Å². The van der Waals surface area contributed by atoms with E-state index in [9.17, 15) is 4.79 Å². The highest BCUT2D eigenvalue weighted by Crippen LogP contribution is 2.34. The molecular weight excluding hydrogens is 354 g/mol. The van der Waals surface area contributed by atoms with Gasteiger partial charge in [0, 0.05) is 30.8 Å². The van der Waals surface area contributed by atoms with Gasteiger partial charge in [0.1, 0.15) is 11.6 Å². The highest BCUT2D eigenvalue weighted by Gasteiger charge is 2.27. The van der Waals surface area contributed by atoms with E-state index in [-0.39, 0.29) is 11.9 Å². The molecule has 1 amide bonds. The molecule has 1 aromatic carbocycles. The molecule has 0 spiro atoms. The monoisotopic (exact) mass is 381 g/mol. The van der Waals surface area contributed by atoms with Gasteiger partial charge in [-0.2, -0.15) is 5.10 Å². The van der Waals surface area contributed by atoms with Gasteiger partial charge < -0.3 is 21.1 Å². The lowest BCUT2D eigenvalue weighted by atomic mass is 10.0. The fourth-order valence-electron chi connectivity index (χ4n) is 3.72. The molecule has 2 heterocycles. The molecule has 1 aliphatic carbocycles. The Balaban J connectivity index is 1.54. The van der Waals surface area contributed by atoms with Gasteiger partial charge in [0.15, 0.2) is 0 Å². The molecule has 2 aromatic rings. The SMILES string of the molecule is C=CC(=O)N1CCC(n2nc(-c3ccc(OC4CC4)cc3)c(CN)c2N)CC1. The number of nitrogens with zero attached hydrogens (tertiary/aromatic N) is 3. The minimum absolute atomic E-state index is 0.0243. The van der Waals surface area contributed by atoms with Crippen LogP contribution in [0.15, 0.2) is 36.9 Å². The van der Waals surface area contributed by atoms with Crippen LogP contribution in [-0.4, -0.2) is 39.8 Å². The van der Waals surface area contributed by atoms with Crippen LogP contribution in [0, 0.1) is 0 Å². The van der Waals surface area contributed by atoms with Crippen molar-refractivity contribution in [3.8, 4) is 17.0 Å². The van der Waals surface area contributed by atoms with Crippen LogP contribution in [-0.2, 0) is 11.3 Å². The molecule has 1 saturated heterocycles. The molecule has 0 bridgehead atoms. The van der Waals surface area contributed by atoms with Crippen LogP contribution in [0.25, 0.3) is 11.3 Å². The van der Waals surface area contributed by atoms with Crippen molar-refractivity contribution >= 4 is 11.7 Å². The quantitative estimate of drug-likeness (QED) is 0.749. The second kappa shape index (κ2) is 7.67. The topological polar surface area (TPSA) is 99.4 Å². The van der Waals surface area contributed by atoms with Gasteiger partial charge >= 0.3 is 0 Å². The number of aromatic nitrogens is 2. The maximum absolute atomic E-state index is 11.8. The van der Waals surface area contributed by atoms with Gasteiger partial charge in [-0.1, -0.05) is 6.58 Å². The lowest BCUT2D eigenvalue weighted by Crippen LogP contribution is -2.38. The number of hydrogen-bond donors (Lipinski definition) is 2. The van der Waals surface area contributed by atoms with Crippen LogP contribution < -0.4 is 16.2 Å². The number of amides is 1. The molecule has 7 heteroatoms. The number of anilines is 1. The Hall–Kier alpha value is -2.80. The summed E-state index contributed by atoms with van der Waals surface area (Å²) >= 11 is 0. The van der Waals surface area contributed by atoms with Crippen LogP contribution in [0.5, 0.6) is 5.75 Å². The van der Waals surface area contributed by atoms with E-state index in [1.807, 2.05) is 33.8 Å². The van der Waals surface area contributed by atoms with Gasteiger partial charge in [-0.25, -0.2) is 4.68 Å².